The third-order valence-corrected chi connectivity index (χ3v) is 3.22. The van der Waals surface area contributed by atoms with Gasteiger partial charge < -0.3 is 9.55 Å². The van der Waals surface area contributed by atoms with Crippen LogP contribution in [0.4, 0.5) is 0 Å². The molecule has 0 aliphatic carbocycles. The zero-order valence-corrected chi connectivity index (χ0v) is 10.7. The Labute approximate surface area is 103 Å². The van der Waals surface area contributed by atoms with Crippen molar-refractivity contribution in [3.63, 3.8) is 0 Å². The van der Waals surface area contributed by atoms with Crippen LogP contribution in [0.1, 0.15) is 29.3 Å². The lowest BCUT2D eigenvalue weighted by molar-refractivity contribution is 0.0795. The quantitative estimate of drug-likeness (QED) is 0.738. The molecule has 1 aliphatic rings. The fourth-order valence-corrected chi connectivity index (χ4v) is 2.22. The Kier molecular flexibility index (Phi) is 3.53. The van der Waals surface area contributed by atoms with Gasteiger partial charge in [0.1, 0.15) is 0 Å². The second-order valence-electron chi connectivity index (χ2n) is 4.59. The van der Waals surface area contributed by atoms with Gasteiger partial charge in [-0.05, 0) is 29.6 Å². The van der Waals surface area contributed by atoms with Crippen LogP contribution in [-0.4, -0.2) is 31.3 Å². The number of rotatable bonds is 3. The average Bonchev–Trinajstić information content (AvgIpc) is 2.70. The van der Waals surface area contributed by atoms with Crippen molar-refractivity contribution in [3.05, 3.63) is 29.3 Å². The maximum atomic E-state index is 12.1. The van der Waals surface area contributed by atoms with Gasteiger partial charge in [-0.3, -0.25) is 4.79 Å². The molecular formula is C13H18BNO2. The topological polar surface area (TPSA) is 29.5 Å². The van der Waals surface area contributed by atoms with Gasteiger partial charge in [0, 0.05) is 19.2 Å². The van der Waals surface area contributed by atoms with Gasteiger partial charge in [0.25, 0.3) is 5.91 Å². The van der Waals surface area contributed by atoms with Crippen molar-refractivity contribution in [2.75, 3.05) is 13.6 Å². The molecule has 1 amide bonds. The molecule has 1 heterocycles. The summed E-state index contributed by atoms with van der Waals surface area (Å²) in [7, 11) is 1.85. The van der Waals surface area contributed by atoms with Crippen molar-refractivity contribution in [1.82, 2.24) is 4.90 Å². The predicted molar refractivity (Wildman–Crippen MR) is 69.7 cm³/mol. The number of benzene rings is 1. The van der Waals surface area contributed by atoms with Crippen LogP contribution in [0.2, 0.25) is 6.82 Å². The minimum Gasteiger partial charge on any atom is -0.427 e. The molecule has 0 fully saturated rings. The molecule has 90 valence electrons. The lowest BCUT2D eigenvalue weighted by Crippen LogP contribution is -2.29. The van der Waals surface area contributed by atoms with E-state index in [-0.39, 0.29) is 12.8 Å². The fraction of sp³-hybridized carbons (Fsp3) is 0.462. The van der Waals surface area contributed by atoms with Crippen LogP contribution in [0.5, 0.6) is 0 Å². The predicted octanol–water partition coefficient (Wildman–Crippen LogP) is 1.53. The van der Waals surface area contributed by atoms with Crippen LogP contribution in [0.25, 0.3) is 0 Å². The van der Waals surface area contributed by atoms with E-state index in [2.05, 4.69) is 6.92 Å². The lowest BCUT2D eigenvalue weighted by atomic mass is 9.64. The second-order valence-corrected chi connectivity index (χ2v) is 4.59. The molecule has 0 unspecified atom stereocenters. The summed E-state index contributed by atoms with van der Waals surface area (Å²) in [4.78, 5) is 13.9. The summed E-state index contributed by atoms with van der Waals surface area (Å²) in [6, 6.07) is 5.88. The summed E-state index contributed by atoms with van der Waals surface area (Å²) < 4.78 is 5.54. The zero-order valence-electron chi connectivity index (χ0n) is 10.7. The van der Waals surface area contributed by atoms with Gasteiger partial charge in [-0.25, -0.2) is 0 Å². The molecule has 0 aromatic heterocycles. The molecule has 0 N–H and O–H groups in total. The molecule has 0 spiro atoms. The summed E-state index contributed by atoms with van der Waals surface area (Å²) >= 11 is 0. The Hall–Kier alpha value is -1.29. The molecule has 0 radical (unpaired) electrons. The van der Waals surface area contributed by atoms with Crippen molar-refractivity contribution in [1.29, 1.82) is 0 Å². The van der Waals surface area contributed by atoms with Crippen LogP contribution >= 0.6 is 0 Å². The summed E-state index contributed by atoms with van der Waals surface area (Å²) in [5.74, 6) is 0.0919. The van der Waals surface area contributed by atoms with E-state index < -0.39 is 0 Å². The van der Waals surface area contributed by atoms with Gasteiger partial charge in [0.15, 0.2) is 0 Å². The van der Waals surface area contributed by atoms with E-state index >= 15 is 0 Å². The molecule has 4 heteroatoms. The van der Waals surface area contributed by atoms with Crippen molar-refractivity contribution in [2.45, 2.75) is 26.8 Å². The largest absolute Gasteiger partial charge is 0.427 e. The van der Waals surface area contributed by atoms with E-state index in [1.54, 1.807) is 4.90 Å². The van der Waals surface area contributed by atoms with E-state index in [0.717, 1.165) is 24.1 Å². The van der Waals surface area contributed by atoms with Gasteiger partial charge >= 0.3 is 6.92 Å². The number of amides is 1. The zero-order chi connectivity index (χ0) is 12.4. The normalized spacial score (nSPS) is 13.7. The van der Waals surface area contributed by atoms with Crippen molar-refractivity contribution in [2.24, 2.45) is 0 Å². The van der Waals surface area contributed by atoms with Gasteiger partial charge in [0.2, 0.25) is 0 Å². The summed E-state index contributed by atoms with van der Waals surface area (Å²) in [5, 5.41) is 0. The Bertz CT molecular complexity index is 433. The van der Waals surface area contributed by atoms with Crippen LogP contribution in [0, 0.1) is 0 Å². The third-order valence-electron chi connectivity index (χ3n) is 3.22. The van der Waals surface area contributed by atoms with Crippen LogP contribution in [-0.2, 0) is 11.3 Å². The number of nitrogens with zero attached hydrogens (tertiary/aromatic N) is 1. The standard InChI is InChI=1S/C13H18BNO2/c1-4-7-15(3)13(16)10-5-6-12-11(8-10)9-17-14(12)2/h5-6,8H,4,7,9H2,1-3H3. The Morgan fingerprint density at radius 2 is 2.29 bits per heavy atom. The number of hydrogen-bond donors (Lipinski definition) is 0. The maximum Gasteiger partial charge on any atom is 0.324 e. The van der Waals surface area contributed by atoms with E-state index in [1.807, 2.05) is 32.1 Å². The molecule has 0 bridgehead atoms. The van der Waals surface area contributed by atoms with Crippen LogP contribution < -0.4 is 5.46 Å². The number of carbonyl (C=O) groups is 1. The van der Waals surface area contributed by atoms with Crippen molar-refractivity contribution in [3.8, 4) is 0 Å². The minimum atomic E-state index is 0.0919. The lowest BCUT2D eigenvalue weighted by Gasteiger charge is -2.16. The molecule has 17 heavy (non-hydrogen) atoms. The highest BCUT2D eigenvalue weighted by Gasteiger charge is 2.24. The first-order chi connectivity index (χ1) is 8.13. The molecule has 1 aromatic carbocycles. The van der Waals surface area contributed by atoms with E-state index in [0.29, 0.717) is 6.61 Å². The van der Waals surface area contributed by atoms with Gasteiger partial charge in [0.05, 0.1) is 6.61 Å². The second kappa shape index (κ2) is 4.92. The highest BCUT2D eigenvalue weighted by Crippen LogP contribution is 2.14. The fourth-order valence-electron chi connectivity index (χ4n) is 2.22. The molecule has 0 saturated heterocycles. The monoisotopic (exact) mass is 231 g/mol. The first-order valence-corrected chi connectivity index (χ1v) is 6.13. The average molecular weight is 231 g/mol. The van der Waals surface area contributed by atoms with Crippen molar-refractivity contribution >= 4 is 18.3 Å². The van der Waals surface area contributed by atoms with Gasteiger partial charge in [-0.2, -0.15) is 0 Å². The summed E-state index contributed by atoms with van der Waals surface area (Å²) in [5.41, 5.74) is 3.12. The molecule has 2 rings (SSSR count). The Morgan fingerprint density at radius 1 is 1.53 bits per heavy atom. The van der Waals surface area contributed by atoms with Crippen molar-refractivity contribution < 1.29 is 9.45 Å². The third kappa shape index (κ3) is 2.37. The van der Waals surface area contributed by atoms with E-state index in [4.69, 9.17) is 4.65 Å². The smallest absolute Gasteiger partial charge is 0.324 e. The van der Waals surface area contributed by atoms with E-state index in [9.17, 15) is 4.79 Å². The highest BCUT2D eigenvalue weighted by atomic mass is 16.4. The molecular weight excluding hydrogens is 213 g/mol. The minimum absolute atomic E-state index is 0.0919. The van der Waals surface area contributed by atoms with Gasteiger partial charge in [-0.15, -0.1) is 0 Å². The van der Waals surface area contributed by atoms with Gasteiger partial charge in [-0.1, -0.05) is 19.8 Å². The molecule has 1 aromatic rings. The summed E-state index contributed by atoms with van der Waals surface area (Å²) in [6.07, 6.45) is 0.979. The highest BCUT2D eigenvalue weighted by molar-refractivity contribution is 6.67. The Balaban J connectivity index is 2.21. The molecule has 1 aliphatic heterocycles. The summed E-state index contributed by atoms with van der Waals surface area (Å²) in [6.45, 7) is 5.68. The SMILES string of the molecule is CCCN(C)C(=O)c1ccc2c(c1)COB2C. The maximum absolute atomic E-state index is 12.1. The molecule has 0 saturated carbocycles. The number of fused-ring (bicyclic) bond motifs is 1. The van der Waals surface area contributed by atoms with E-state index in [1.165, 1.54) is 5.46 Å². The Morgan fingerprint density at radius 3 is 3.00 bits per heavy atom. The molecule has 0 atom stereocenters. The molecule has 3 nitrogen and oxygen atoms in total. The first-order valence-electron chi connectivity index (χ1n) is 6.13. The first kappa shape index (κ1) is 12.2. The number of hydrogen-bond acceptors (Lipinski definition) is 2. The van der Waals surface area contributed by atoms with Crippen LogP contribution in [0.3, 0.4) is 0 Å². The van der Waals surface area contributed by atoms with Crippen LogP contribution in [0.15, 0.2) is 18.2 Å². The number of carbonyl (C=O) groups excluding carboxylic acids is 1.